The average molecular weight is 343 g/mol. The first-order valence-electron chi connectivity index (χ1n) is 7.79. The van der Waals surface area contributed by atoms with E-state index in [1.165, 1.54) is 14.2 Å². The van der Waals surface area contributed by atoms with Crippen LogP contribution in [0, 0.1) is 0 Å². The smallest absolute Gasteiger partial charge is 0.341 e. The van der Waals surface area contributed by atoms with E-state index < -0.39 is 12.1 Å². The maximum atomic E-state index is 12.0. The molecular formula is C19H21NO5. The molecule has 2 rings (SSSR count). The van der Waals surface area contributed by atoms with Crippen LogP contribution in [0.3, 0.4) is 0 Å². The van der Waals surface area contributed by atoms with Crippen molar-refractivity contribution in [2.75, 3.05) is 20.8 Å². The molecule has 25 heavy (non-hydrogen) atoms. The number of esters is 1. The van der Waals surface area contributed by atoms with Gasteiger partial charge in [-0.25, -0.2) is 4.79 Å². The largest absolute Gasteiger partial charge is 0.496 e. The molecule has 0 heterocycles. The molecule has 0 radical (unpaired) electrons. The van der Waals surface area contributed by atoms with Crippen LogP contribution in [0.5, 0.6) is 5.75 Å². The number of methoxy groups -OCH3 is 2. The Kier molecular flexibility index (Phi) is 6.14. The van der Waals surface area contributed by atoms with E-state index in [4.69, 9.17) is 9.47 Å². The van der Waals surface area contributed by atoms with Crippen molar-refractivity contribution >= 4 is 11.9 Å². The summed E-state index contributed by atoms with van der Waals surface area (Å²) in [5.74, 6) is -0.289. The van der Waals surface area contributed by atoms with Crippen molar-refractivity contribution in [3.05, 3.63) is 53.6 Å². The number of aliphatic hydroxyl groups is 1. The van der Waals surface area contributed by atoms with E-state index in [1.807, 2.05) is 12.1 Å². The molecule has 0 aliphatic rings. The summed E-state index contributed by atoms with van der Waals surface area (Å²) < 4.78 is 9.98. The van der Waals surface area contributed by atoms with E-state index in [0.29, 0.717) is 16.9 Å². The second-order valence-corrected chi connectivity index (χ2v) is 5.54. The van der Waals surface area contributed by atoms with Gasteiger partial charge in [-0.1, -0.05) is 18.2 Å². The first-order chi connectivity index (χ1) is 12.0. The Bertz CT molecular complexity index is 753. The molecular weight excluding hydrogens is 322 g/mol. The molecule has 0 unspecified atom stereocenters. The average Bonchev–Trinajstić information content (AvgIpc) is 2.65. The summed E-state index contributed by atoms with van der Waals surface area (Å²) in [5.41, 5.74) is 2.58. The summed E-state index contributed by atoms with van der Waals surface area (Å²) in [4.78, 5) is 23.7. The molecule has 0 aliphatic carbocycles. The second kappa shape index (κ2) is 8.30. The highest BCUT2D eigenvalue weighted by Crippen LogP contribution is 2.28. The summed E-state index contributed by atoms with van der Waals surface area (Å²) in [7, 11) is 2.80. The summed E-state index contributed by atoms with van der Waals surface area (Å²) in [6.45, 7) is 1.81. The van der Waals surface area contributed by atoms with Crippen LogP contribution in [0.2, 0.25) is 0 Å². The molecule has 2 aromatic rings. The van der Waals surface area contributed by atoms with Crippen molar-refractivity contribution in [3.8, 4) is 16.9 Å². The molecule has 0 spiro atoms. The van der Waals surface area contributed by atoms with Gasteiger partial charge in [0.05, 0.1) is 20.3 Å². The molecule has 2 aromatic carbocycles. The van der Waals surface area contributed by atoms with Gasteiger partial charge in [0.15, 0.2) is 0 Å². The van der Waals surface area contributed by atoms with Crippen LogP contribution in [-0.4, -0.2) is 43.9 Å². The number of hydrogen-bond donors (Lipinski definition) is 2. The molecule has 1 atom stereocenters. The van der Waals surface area contributed by atoms with E-state index in [9.17, 15) is 14.7 Å². The van der Waals surface area contributed by atoms with Crippen molar-refractivity contribution in [1.82, 2.24) is 5.32 Å². The van der Waals surface area contributed by atoms with Gasteiger partial charge in [-0.15, -0.1) is 0 Å². The normalized spacial score (nSPS) is 11.5. The molecule has 0 bridgehead atoms. The van der Waals surface area contributed by atoms with Crippen LogP contribution in [0.1, 0.15) is 27.6 Å². The number of carbonyl (C=O) groups excluding carboxylic acids is 2. The fourth-order valence-electron chi connectivity index (χ4n) is 2.31. The Morgan fingerprint density at radius 3 is 2.28 bits per heavy atom. The fraction of sp³-hybridized carbons (Fsp3) is 0.263. The summed E-state index contributed by atoms with van der Waals surface area (Å²) in [5, 5.41) is 11.9. The highest BCUT2D eigenvalue weighted by Gasteiger charge is 2.14. The van der Waals surface area contributed by atoms with Crippen LogP contribution < -0.4 is 10.1 Å². The second-order valence-electron chi connectivity index (χ2n) is 5.54. The predicted molar refractivity (Wildman–Crippen MR) is 93.8 cm³/mol. The van der Waals surface area contributed by atoms with E-state index in [-0.39, 0.29) is 12.5 Å². The molecule has 0 fully saturated rings. The molecule has 0 aliphatic heterocycles. The third kappa shape index (κ3) is 4.58. The fourth-order valence-corrected chi connectivity index (χ4v) is 2.31. The molecule has 1 amide bonds. The van der Waals surface area contributed by atoms with Crippen LogP contribution in [0.4, 0.5) is 0 Å². The summed E-state index contributed by atoms with van der Waals surface area (Å²) >= 11 is 0. The van der Waals surface area contributed by atoms with Crippen LogP contribution in [-0.2, 0) is 4.74 Å². The summed E-state index contributed by atoms with van der Waals surface area (Å²) in [6.07, 6.45) is -0.594. The molecule has 6 heteroatoms. The van der Waals surface area contributed by atoms with E-state index in [1.54, 1.807) is 37.3 Å². The zero-order valence-corrected chi connectivity index (χ0v) is 14.4. The van der Waals surface area contributed by atoms with E-state index in [0.717, 1.165) is 11.1 Å². The maximum Gasteiger partial charge on any atom is 0.341 e. The Balaban J connectivity index is 2.22. The number of nitrogens with one attached hydrogen (secondary N) is 1. The van der Waals surface area contributed by atoms with Gasteiger partial charge in [0.2, 0.25) is 0 Å². The lowest BCUT2D eigenvalue weighted by molar-refractivity contribution is 0.0597. The van der Waals surface area contributed by atoms with Crippen LogP contribution >= 0.6 is 0 Å². The lowest BCUT2D eigenvalue weighted by Gasteiger charge is -2.10. The lowest BCUT2D eigenvalue weighted by Crippen LogP contribution is -2.30. The molecule has 0 aromatic heterocycles. The molecule has 132 valence electrons. The molecule has 0 saturated carbocycles. The minimum atomic E-state index is -0.594. The SMILES string of the molecule is COC(=O)c1ccc(-c2ccc(C(=O)NC[C@H](C)O)cc2)cc1OC. The monoisotopic (exact) mass is 343 g/mol. The quantitative estimate of drug-likeness (QED) is 0.786. The van der Waals surface area contributed by atoms with E-state index in [2.05, 4.69) is 5.32 Å². The van der Waals surface area contributed by atoms with Gasteiger partial charge in [-0.2, -0.15) is 0 Å². The zero-order chi connectivity index (χ0) is 18.4. The zero-order valence-electron chi connectivity index (χ0n) is 14.4. The lowest BCUT2D eigenvalue weighted by atomic mass is 10.0. The molecule has 2 N–H and O–H groups in total. The van der Waals surface area contributed by atoms with Gasteiger partial charge in [0.25, 0.3) is 5.91 Å². The van der Waals surface area contributed by atoms with Gasteiger partial charge < -0.3 is 19.9 Å². The minimum Gasteiger partial charge on any atom is -0.496 e. The van der Waals surface area contributed by atoms with Crippen LogP contribution in [0.15, 0.2) is 42.5 Å². The Morgan fingerprint density at radius 1 is 1.08 bits per heavy atom. The van der Waals surface area contributed by atoms with Gasteiger partial charge in [0, 0.05) is 12.1 Å². The van der Waals surface area contributed by atoms with Crippen molar-refractivity contribution in [2.45, 2.75) is 13.0 Å². The van der Waals surface area contributed by atoms with Gasteiger partial charge in [-0.3, -0.25) is 4.79 Å². The van der Waals surface area contributed by atoms with Gasteiger partial charge in [0.1, 0.15) is 11.3 Å². The first kappa shape index (κ1) is 18.5. The molecule has 6 nitrogen and oxygen atoms in total. The number of benzene rings is 2. The third-order valence-corrected chi connectivity index (χ3v) is 3.65. The number of rotatable bonds is 6. The van der Waals surface area contributed by atoms with Gasteiger partial charge >= 0.3 is 5.97 Å². The highest BCUT2D eigenvalue weighted by molar-refractivity contribution is 5.95. The Morgan fingerprint density at radius 2 is 1.72 bits per heavy atom. The van der Waals surface area contributed by atoms with E-state index >= 15 is 0 Å². The third-order valence-electron chi connectivity index (χ3n) is 3.65. The summed E-state index contributed by atoms with van der Waals surface area (Å²) in [6, 6.07) is 12.2. The molecule has 0 saturated heterocycles. The Hall–Kier alpha value is -2.86. The van der Waals surface area contributed by atoms with Crippen molar-refractivity contribution in [1.29, 1.82) is 0 Å². The topological polar surface area (TPSA) is 84.9 Å². The standard InChI is InChI=1S/C19H21NO5/c1-12(21)11-20-18(22)14-6-4-13(5-7-14)15-8-9-16(19(23)25-3)17(10-15)24-2/h4-10,12,21H,11H2,1-3H3,(H,20,22)/t12-/m0/s1. The number of hydrogen-bond acceptors (Lipinski definition) is 5. The maximum absolute atomic E-state index is 12.0. The number of carbonyl (C=O) groups is 2. The number of amides is 1. The first-order valence-corrected chi connectivity index (χ1v) is 7.79. The van der Waals surface area contributed by atoms with Crippen molar-refractivity contribution in [3.63, 3.8) is 0 Å². The van der Waals surface area contributed by atoms with Crippen molar-refractivity contribution < 1.29 is 24.2 Å². The number of aliphatic hydroxyl groups excluding tert-OH is 1. The van der Waals surface area contributed by atoms with Crippen molar-refractivity contribution in [2.24, 2.45) is 0 Å². The van der Waals surface area contributed by atoms with Crippen LogP contribution in [0.25, 0.3) is 11.1 Å². The van der Waals surface area contributed by atoms with Gasteiger partial charge in [-0.05, 0) is 42.3 Å². The Labute approximate surface area is 146 Å². The predicted octanol–water partition coefficient (Wildman–Crippen LogP) is 2.26. The highest BCUT2D eigenvalue weighted by atomic mass is 16.5. The minimum absolute atomic E-state index is 0.201. The number of ether oxygens (including phenoxy) is 2.